The lowest BCUT2D eigenvalue weighted by molar-refractivity contribution is -0.136. The molecule has 0 saturated heterocycles. The lowest BCUT2D eigenvalue weighted by Gasteiger charge is -2.27. The van der Waals surface area contributed by atoms with Crippen molar-refractivity contribution < 1.29 is 19.1 Å². The van der Waals surface area contributed by atoms with E-state index in [-0.39, 0.29) is 18.3 Å². The standard InChI is InChI=1S/C16H21FN2O3/c1-10-8-12(6-7-13(10)17)19-16(22)15(21)18-9-11-4-2-3-5-14(11)20/h6-8,11,14,20H,2-5,9H2,1H3,(H,18,21)(H,19,22)/t11-,14+/m1/s1. The summed E-state index contributed by atoms with van der Waals surface area (Å²) in [6.45, 7) is 1.87. The van der Waals surface area contributed by atoms with Gasteiger partial charge in [-0.15, -0.1) is 0 Å². The van der Waals surface area contributed by atoms with Crippen LogP contribution in [-0.2, 0) is 9.59 Å². The lowest BCUT2D eigenvalue weighted by Crippen LogP contribution is -2.41. The van der Waals surface area contributed by atoms with Gasteiger partial charge in [0.1, 0.15) is 5.82 Å². The molecule has 0 aromatic heterocycles. The summed E-state index contributed by atoms with van der Waals surface area (Å²) in [5.41, 5.74) is 0.764. The summed E-state index contributed by atoms with van der Waals surface area (Å²) in [6.07, 6.45) is 3.19. The van der Waals surface area contributed by atoms with E-state index in [1.807, 2.05) is 0 Å². The fourth-order valence-electron chi connectivity index (χ4n) is 2.64. The van der Waals surface area contributed by atoms with Crippen LogP contribution in [0.5, 0.6) is 0 Å². The molecule has 0 spiro atoms. The monoisotopic (exact) mass is 308 g/mol. The number of amides is 2. The van der Waals surface area contributed by atoms with E-state index >= 15 is 0 Å². The molecule has 6 heteroatoms. The zero-order chi connectivity index (χ0) is 16.1. The fourth-order valence-corrected chi connectivity index (χ4v) is 2.64. The number of aliphatic hydroxyl groups excluding tert-OH is 1. The molecule has 22 heavy (non-hydrogen) atoms. The van der Waals surface area contributed by atoms with Crippen LogP contribution in [-0.4, -0.2) is 29.6 Å². The van der Waals surface area contributed by atoms with Gasteiger partial charge in [-0.1, -0.05) is 12.8 Å². The Morgan fingerprint density at radius 1 is 1.27 bits per heavy atom. The minimum absolute atomic E-state index is 0.00133. The molecule has 0 aliphatic heterocycles. The molecule has 1 aliphatic rings. The second-order valence-corrected chi connectivity index (χ2v) is 5.74. The fraction of sp³-hybridized carbons (Fsp3) is 0.500. The molecule has 2 atom stereocenters. The van der Waals surface area contributed by atoms with Crippen LogP contribution in [0, 0.1) is 18.7 Å². The summed E-state index contributed by atoms with van der Waals surface area (Å²) in [5.74, 6) is -1.91. The number of halogens is 1. The molecule has 0 heterocycles. The number of hydrogen-bond acceptors (Lipinski definition) is 3. The van der Waals surface area contributed by atoms with Crippen LogP contribution in [0.4, 0.5) is 10.1 Å². The largest absolute Gasteiger partial charge is 0.393 e. The smallest absolute Gasteiger partial charge is 0.313 e. The highest BCUT2D eigenvalue weighted by Crippen LogP contribution is 2.23. The molecule has 0 radical (unpaired) electrons. The Kier molecular flexibility index (Phi) is 5.49. The van der Waals surface area contributed by atoms with E-state index in [9.17, 15) is 19.1 Å². The number of anilines is 1. The maximum Gasteiger partial charge on any atom is 0.313 e. The normalized spacial score (nSPS) is 21.2. The molecule has 1 fully saturated rings. The van der Waals surface area contributed by atoms with Crippen LogP contribution in [0.3, 0.4) is 0 Å². The third-order valence-corrected chi connectivity index (χ3v) is 4.02. The summed E-state index contributed by atoms with van der Waals surface area (Å²) in [4.78, 5) is 23.6. The minimum Gasteiger partial charge on any atom is -0.393 e. The summed E-state index contributed by atoms with van der Waals surface area (Å²) in [6, 6.07) is 4.10. The van der Waals surface area contributed by atoms with Crippen LogP contribution in [0.25, 0.3) is 0 Å². The van der Waals surface area contributed by atoms with Crippen molar-refractivity contribution in [2.75, 3.05) is 11.9 Å². The Morgan fingerprint density at radius 3 is 2.68 bits per heavy atom. The number of rotatable bonds is 3. The van der Waals surface area contributed by atoms with Crippen molar-refractivity contribution in [1.29, 1.82) is 0 Å². The molecule has 2 amide bonds. The van der Waals surface area contributed by atoms with E-state index in [1.54, 1.807) is 6.92 Å². The zero-order valence-electron chi connectivity index (χ0n) is 12.6. The van der Waals surface area contributed by atoms with E-state index in [2.05, 4.69) is 10.6 Å². The van der Waals surface area contributed by atoms with Gasteiger partial charge in [0.05, 0.1) is 6.10 Å². The lowest BCUT2D eigenvalue weighted by atomic mass is 9.86. The van der Waals surface area contributed by atoms with Crippen LogP contribution in [0.2, 0.25) is 0 Å². The molecule has 1 aliphatic carbocycles. The van der Waals surface area contributed by atoms with Crippen molar-refractivity contribution in [1.82, 2.24) is 5.32 Å². The van der Waals surface area contributed by atoms with Gasteiger partial charge in [0, 0.05) is 18.2 Å². The number of nitrogens with one attached hydrogen (secondary N) is 2. The second kappa shape index (κ2) is 7.35. The topological polar surface area (TPSA) is 78.4 Å². The molecule has 120 valence electrons. The summed E-state index contributed by atoms with van der Waals surface area (Å²) in [7, 11) is 0. The Labute approximate surface area is 128 Å². The van der Waals surface area contributed by atoms with E-state index < -0.39 is 17.9 Å². The highest BCUT2D eigenvalue weighted by Gasteiger charge is 2.24. The molecule has 1 aromatic carbocycles. The van der Waals surface area contributed by atoms with Crippen molar-refractivity contribution in [2.24, 2.45) is 5.92 Å². The van der Waals surface area contributed by atoms with Crippen molar-refractivity contribution in [3.8, 4) is 0 Å². The van der Waals surface area contributed by atoms with Crippen LogP contribution in [0.15, 0.2) is 18.2 Å². The predicted molar refractivity (Wildman–Crippen MR) is 80.7 cm³/mol. The first-order valence-corrected chi connectivity index (χ1v) is 7.51. The first-order chi connectivity index (χ1) is 10.5. The van der Waals surface area contributed by atoms with Gasteiger partial charge in [0.2, 0.25) is 0 Å². The SMILES string of the molecule is Cc1cc(NC(=O)C(=O)NC[C@H]2CCCC[C@@H]2O)ccc1F. The number of benzene rings is 1. The van der Waals surface area contributed by atoms with Crippen LogP contribution < -0.4 is 10.6 Å². The van der Waals surface area contributed by atoms with Gasteiger partial charge >= 0.3 is 11.8 Å². The first-order valence-electron chi connectivity index (χ1n) is 7.51. The summed E-state index contributed by atoms with van der Waals surface area (Å²) in [5, 5.41) is 14.8. The van der Waals surface area contributed by atoms with E-state index in [0.29, 0.717) is 11.3 Å². The zero-order valence-corrected chi connectivity index (χ0v) is 12.6. The van der Waals surface area contributed by atoms with Gasteiger partial charge in [-0.05, 0) is 43.5 Å². The van der Waals surface area contributed by atoms with Gasteiger partial charge in [0.25, 0.3) is 0 Å². The molecule has 2 rings (SSSR count). The second-order valence-electron chi connectivity index (χ2n) is 5.74. The van der Waals surface area contributed by atoms with E-state index in [0.717, 1.165) is 25.7 Å². The van der Waals surface area contributed by atoms with Crippen molar-refractivity contribution in [2.45, 2.75) is 38.7 Å². The highest BCUT2D eigenvalue weighted by atomic mass is 19.1. The number of aliphatic hydroxyl groups is 1. The first kappa shape index (κ1) is 16.4. The van der Waals surface area contributed by atoms with Gasteiger partial charge in [-0.25, -0.2) is 4.39 Å². The average molecular weight is 308 g/mol. The van der Waals surface area contributed by atoms with Gasteiger partial charge in [-0.2, -0.15) is 0 Å². The third-order valence-electron chi connectivity index (χ3n) is 4.02. The summed E-state index contributed by atoms with van der Waals surface area (Å²) < 4.78 is 13.1. The van der Waals surface area contributed by atoms with Gasteiger partial charge in [0.15, 0.2) is 0 Å². The maximum absolute atomic E-state index is 13.1. The van der Waals surface area contributed by atoms with Crippen LogP contribution in [0.1, 0.15) is 31.2 Å². The van der Waals surface area contributed by atoms with Crippen LogP contribution >= 0.6 is 0 Å². The van der Waals surface area contributed by atoms with E-state index in [1.165, 1.54) is 18.2 Å². The Morgan fingerprint density at radius 2 is 2.00 bits per heavy atom. The molecule has 1 aromatic rings. The molecular formula is C16H21FN2O3. The van der Waals surface area contributed by atoms with Crippen molar-refractivity contribution >= 4 is 17.5 Å². The maximum atomic E-state index is 13.1. The third kappa shape index (κ3) is 4.27. The average Bonchev–Trinajstić information content (AvgIpc) is 2.50. The summed E-state index contributed by atoms with van der Waals surface area (Å²) >= 11 is 0. The molecular weight excluding hydrogens is 287 g/mol. The van der Waals surface area contributed by atoms with Crippen molar-refractivity contribution in [3.63, 3.8) is 0 Å². The molecule has 5 nitrogen and oxygen atoms in total. The predicted octanol–water partition coefficient (Wildman–Crippen LogP) is 1.74. The minimum atomic E-state index is -0.795. The molecule has 0 unspecified atom stereocenters. The van der Waals surface area contributed by atoms with Gasteiger partial charge < -0.3 is 15.7 Å². The molecule has 0 bridgehead atoms. The number of carbonyl (C=O) groups excluding carboxylic acids is 2. The molecule has 3 N–H and O–H groups in total. The highest BCUT2D eigenvalue weighted by molar-refractivity contribution is 6.39. The van der Waals surface area contributed by atoms with Gasteiger partial charge in [-0.3, -0.25) is 9.59 Å². The van der Waals surface area contributed by atoms with E-state index in [4.69, 9.17) is 0 Å². The Balaban J connectivity index is 1.84. The number of carbonyl (C=O) groups is 2. The Hall–Kier alpha value is -1.95. The number of hydrogen-bond donors (Lipinski definition) is 3. The number of aryl methyl sites for hydroxylation is 1. The quantitative estimate of drug-likeness (QED) is 0.744. The Bertz CT molecular complexity index is 562. The van der Waals surface area contributed by atoms with Crippen molar-refractivity contribution in [3.05, 3.63) is 29.6 Å². The molecule has 1 saturated carbocycles.